The number of aliphatic carboxylic acids is 1. The summed E-state index contributed by atoms with van der Waals surface area (Å²) in [5, 5.41) is 20.3. The van der Waals surface area contributed by atoms with Crippen LogP contribution in [-0.2, 0) is 17.8 Å². The first-order chi connectivity index (χ1) is 14.5. The standard InChI is InChI=1S/C23H24N2O4S/c1-2-3-6-21-24-14-19(18(11-12-22(26)27)20-5-4-13-30-20)25(21)15-16-7-9-17(10-8-16)23(28)29/h4-5,7-14,18H,2-3,6,15H2,1H3,(H,26,27)(H,28,29). The van der Waals surface area contributed by atoms with Crippen LogP contribution >= 0.6 is 11.3 Å². The van der Waals surface area contributed by atoms with E-state index < -0.39 is 11.9 Å². The van der Waals surface area contributed by atoms with Crippen LogP contribution in [0.4, 0.5) is 0 Å². The third kappa shape index (κ3) is 5.24. The van der Waals surface area contributed by atoms with Gasteiger partial charge in [0, 0.05) is 35.8 Å². The van der Waals surface area contributed by atoms with Crippen molar-refractivity contribution in [3.05, 3.63) is 87.6 Å². The second-order valence-corrected chi connectivity index (χ2v) is 7.96. The molecule has 0 radical (unpaired) electrons. The molecule has 0 bridgehead atoms. The number of rotatable bonds is 10. The van der Waals surface area contributed by atoms with Crippen molar-refractivity contribution in [1.82, 2.24) is 9.55 Å². The van der Waals surface area contributed by atoms with Crippen LogP contribution in [0.1, 0.15) is 58.0 Å². The molecule has 156 valence electrons. The fourth-order valence-corrected chi connectivity index (χ4v) is 4.13. The lowest BCUT2D eigenvalue weighted by molar-refractivity contribution is -0.131. The molecule has 7 heteroatoms. The molecular weight excluding hydrogens is 400 g/mol. The number of hydrogen-bond donors (Lipinski definition) is 2. The molecule has 0 saturated heterocycles. The summed E-state index contributed by atoms with van der Waals surface area (Å²) in [5.41, 5.74) is 2.13. The van der Waals surface area contributed by atoms with E-state index in [0.717, 1.165) is 41.2 Å². The summed E-state index contributed by atoms with van der Waals surface area (Å²) in [6.07, 6.45) is 7.57. The van der Waals surface area contributed by atoms with Gasteiger partial charge in [-0.3, -0.25) is 0 Å². The summed E-state index contributed by atoms with van der Waals surface area (Å²) >= 11 is 1.57. The number of unbranched alkanes of at least 4 members (excludes halogenated alkanes) is 1. The van der Waals surface area contributed by atoms with Crippen LogP contribution in [0.3, 0.4) is 0 Å². The maximum absolute atomic E-state index is 11.2. The van der Waals surface area contributed by atoms with Crippen molar-refractivity contribution in [3.63, 3.8) is 0 Å². The van der Waals surface area contributed by atoms with Gasteiger partial charge in [0.1, 0.15) is 5.82 Å². The minimum atomic E-state index is -0.988. The highest BCUT2D eigenvalue weighted by Crippen LogP contribution is 2.31. The molecule has 1 atom stereocenters. The molecule has 0 saturated carbocycles. The van der Waals surface area contributed by atoms with Gasteiger partial charge in [0.25, 0.3) is 0 Å². The second-order valence-electron chi connectivity index (χ2n) is 6.98. The molecule has 0 aliphatic carbocycles. The number of aromatic carboxylic acids is 1. The van der Waals surface area contributed by atoms with Crippen molar-refractivity contribution in [2.75, 3.05) is 0 Å². The summed E-state index contributed by atoms with van der Waals surface area (Å²) < 4.78 is 2.13. The number of allylic oxidation sites excluding steroid dienone is 1. The lowest BCUT2D eigenvalue weighted by Gasteiger charge is -2.17. The predicted octanol–water partition coefficient (Wildman–Crippen LogP) is 4.81. The smallest absolute Gasteiger partial charge is 0.335 e. The third-order valence-electron chi connectivity index (χ3n) is 4.86. The van der Waals surface area contributed by atoms with Gasteiger partial charge in [-0.15, -0.1) is 11.3 Å². The Balaban J connectivity index is 2.01. The Hall–Kier alpha value is -3.19. The Morgan fingerprint density at radius 1 is 1.20 bits per heavy atom. The second kappa shape index (κ2) is 10.0. The number of benzene rings is 1. The van der Waals surface area contributed by atoms with Crippen LogP contribution in [0.2, 0.25) is 0 Å². The summed E-state index contributed by atoms with van der Waals surface area (Å²) in [5.74, 6) is -1.22. The SMILES string of the molecule is CCCCc1ncc(C(C=CC(=O)O)c2cccs2)n1Cc1ccc(C(=O)O)cc1. The molecule has 0 aliphatic rings. The van der Waals surface area contributed by atoms with E-state index in [9.17, 15) is 9.59 Å². The van der Waals surface area contributed by atoms with E-state index in [-0.39, 0.29) is 11.5 Å². The highest BCUT2D eigenvalue weighted by molar-refractivity contribution is 7.10. The number of nitrogens with zero attached hydrogens (tertiary/aromatic N) is 2. The molecule has 6 nitrogen and oxygen atoms in total. The molecule has 0 aliphatic heterocycles. The zero-order chi connectivity index (χ0) is 21.5. The quantitative estimate of drug-likeness (QED) is 0.456. The number of aryl methyl sites for hydroxylation is 1. The van der Waals surface area contributed by atoms with E-state index in [2.05, 4.69) is 16.5 Å². The molecule has 3 aromatic rings. The first kappa shape index (κ1) is 21.5. The molecule has 0 spiro atoms. The van der Waals surface area contributed by atoms with E-state index in [1.165, 1.54) is 6.08 Å². The molecular formula is C23H24N2O4S. The van der Waals surface area contributed by atoms with Crippen LogP contribution in [0.25, 0.3) is 0 Å². The molecule has 2 aromatic heterocycles. The van der Waals surface area contributed by atoms with Gasteiger partial charge in [0.05, 0.1) is 11.5 Å². The third-order valence-corrected chi connectivity index (χ3v) is 5.82. The first-order valence-electron chi connectivity index (χ1n) is 9.80. The topological polar surface area (TPSA) is 92.4 Å². The fraction of sp³-hybridized carbons (Fsp3) is 0.261. The molecule has 0 amide bonds. The van der Waals surface area contributed by atoms with Gasteiger partial charge in [-0.2, -0.15) is 0 Å². The molecule has 2 N–H and O–H groups in total. The van der Waals surface area contributed by atoms with Crippen molar-refractivity contribution >= 4 is 23.3 Å². The fourth-order valence-electron chi connectivity index (χ4n) is 3.32. The monoisotopic (exact) mass is 424 g/mol. The van der Waals surface area contributed by atoms with Gasteiger partial charge in [-0.25, -0.2) is 14.6 Å². The molecule has 1 aromatic carbocycles. The zero-order valence-electron chi connectivity index (χ0n) is 16.7. The zero-order valence-corrected chi connectivity index (χ0v) is 17.5. The van der Waals surface area contributed by atoms with Gasteiger partial charge >= 0.3 is 11.9 Å². The Kier molecular flexibility index (Phi) is 7.19. The highest BCUT2D eigenvalue weighted by atomic mass is 32.1. The van der Waals surface area contributed by atoms with Crippen molar-refractivity contribution in [2.45, 2.75) is 38.6 Å². The predicted molar refractivity (Wildman–Crippen MR) is 116 cm³/mol. The van der Waals surface area contributed by atoms with E-state index in [1.54, 1.807) is 29.5 Å². The lowest BCUT2D eigenvalue weighted by atomic mass is 10.0. The van der Waals surface area contributed by atoms with E-state index in [4.69, 9.17) is 10.2 Å². The molecule has 3 rings (SSSR count). The van der Waals surface area contributed by atoms with E-state index in [0.29, 0.717) is 6.54 Å². The number of carbonyl (C=O) groups is 2. The summed E-state index contributed by atoms with van der Waals surface area (Å²) in [6.45, 7) is 2.67. The first-order valence-corrected chi connectivity index (χ1v) is 10.7. The number of carboxylic acids is 2. The lowest BCUT2D eigenvalue weighted by Crippen LogP contribution is -2.12. The average Bonchev–Trinajstić information content (AvgIpc) is 3.38. The maximum Gasteiger partial charge on any atom is 0.335 e. The normalized spacial score (nSPS) is 12.3. The number of aromatic nitrogens is 2. The molecule has 2 heterocycles. The number of thiophene rings is 1. The summed E-state index contributed by atoms with van der Waals surface area (Å²) in [4.78, 5) is 28.0. The molecule has 0 fully saturated rings. The highest BCUT2D eigenvalue weighted by Gasteiger charge is 2.20. The van der Waals surface area contributed by atoms with Crippen LogP contribution in [0.5, 0.6) is 0 Å². The number of carboxylic acid groups (broad SMARTS) is 2. The average molecular weight is 425 g/mol. The largest absolute Gasteiger partial charge is 0.478 e. The Bertz CT molecular complexity index is 1020. The van der Waals surface area contributed by atoms with E-state index in [1.807, 2.05) is 35.8 Å². The molecule has 1 unspecified atom stereocenters. The van der Waals surface area contributed by atoms with Crippen molar-refractivity contribution in [2.24, 2.45) is 0 Å². The van der Waals surface area contributed by atoms with Crippen molar-refractivity contribution in [1.29, 1.82) is 0 Å². The number of hydrogen-bond acceptors (Lipinski definition) is 4. The van der Waals surface area contributed by atoms with Crippen molar-refractivity contribution in [3.8, 4) is 0 Å². The van der Waals surface area contributed by atoms with Crippen LogP contribution in [0, 0.1) is 0 Å². The van der Waals surface area contributed by atoms with E-state index >= 15 is 0 Å². The Morgan fingerprint density at radius 3 is 2.57 bits per heavy atom. The van der Waals surface area contributed by atoms with Gasteiger partial charge in [0.2, 0.25) is 0 Å². The van der Waals surface area contributed by atoms with Crippen LogP contribution in [-0.4, -0.2) is 31.7 Å². The van der Waals surface area contributed by atoms with Crippen LogP contribution in [0.15, 0.2) is 60.1 Å². The Morgan fingerprint density at radius 2 is 1.97 bits per heavy atom. The van der Waals surface area contributed by atoms with Crippen LogP contribution < -0.4 is 0 Å². The maximum atomic E-state index is 11.2. The van der Waals surface area contributed by atoms with Gasteiger partial charge in [-0.1, -0.05) is 37.6 Å². The Labute approximate surface area is 179 Å². The van der Waals surface area contributed by atoms with Gasteiger partial charge in [0.15, 0.2) is 0 Å². The minimum absolute atomic E-state index is 0.220. The van der Waals surface area contributed by atoms with Gasteiger partial charge < -0.3 is 14.8 Å². The molecule has 30 heavy (non-hydrogen) atoms. The number of imidazole rings is 1. The summed E-state index contributed by atoms with van der Waals surface area (Å²) in [7, 11) is 0. The van der Waals surface area contributed by atoms with Gasteiger partial charge in [-0.05, 0) is 35.6 Å². The summed E-state index contributed by atoms with van der Waals surface area (Å²) in [6, 6.07) is 10.8. The van der Waals surface area contributed by atoms with Crippen molar-refractivity contribution < 1.29 is 19.8 Å². The minimum Gasteiger partial charge on any atom is -0.478 e.